The van der Waals surface area contributed by atoms with Crippen LogP contribution in [-0.4, -0.2) is 16.1 Å². The lowest BCUT2D eigenvalue weighted by atomic mass is 10.1. The Balaban J connectivity index is 2.41. The predicted molar refractivity (Wildman–Crippen MR) is 76.5 cm³/mol. The van der Waals surface area contributed by atoms with Gasteiger partial charge >= 0.3 is 5.97 Å². The fraction of sp³-hybridized carbons (Fsp3) is 0.188. The second-order valence-electron chi connectivity index (χ2n) is 4.70. The Morgan fingerprint density at radius 3 is 2.65 bits per heavy atom. The van der Waals surface area contributed by atoms with Crippen molar-refractivity contribution in [3.8, 4) is 0 Å². The topological polar surface area (TPSA) is 54.1 Å². The van der Waals surface area contributed by atoms with Crippen molar-refractivity contribution in [3.05, 3.63) is 48.0 Å². The van der Waals surface area contributed by atoms with Crippen LogP contribution in [-0.2, 0) is 17.8 Å². The molecule has 3 rings (SSSR count). The molecule has 0 spiro atoms. The zero-order chi connectivity index (χ0) is 14.1. The minimum absolute atomic E-state index is 0.00755. The van der Waals surface area contributed by atoms with E-state index in [2.05, 4.69) is 16.5 Å². The molecule has 1 heterocycles. The van der Waals surface area contributed by atoms with Crippen LogP contribution in [0.5, 0.6) is 0 Å². The molecule has 0 atom stereocenters. The first-order valence-electron chi connectivity index (χ1n) is 6.62. The van der Waals surface area contributed by atoms with E-state index >= 15 is 0 Å². The quantitative estimate of drug-likeness (QED) is 0.585. The van der Waals surface area contributed by atoms with Gasteiger partial charge in [0, 0.05) is 12.1 Å². The van der Waals surface area contributed by atoms with Crippen molar-refractivity contribution >= 4 is 28.0 Å². The van der Waals surface area contributed by atoms with Gasteiger partial charge in [0.2, 0.25) is 11.0 Å². The van der Waals surface area contributed by atoms with Crippen molar-refractivity contribution < 1.29 is 14.5 Å². The molecule has 3 aromatic rings. The highest BCUT2D eigenvalue weighted by Crippen LogP contribution is 2.18. The Morgan fingerprint density at radius 1 is 1.15 bits per heavy atom. The molecule has 1 N–H and O–H groups in total. The van der Waals surface area contributed by atoms with E-state index in [1.54, 1.807) is 0 Å². The monoisotopic (exact) mass is 267 g/mol. The van der Waals surface area contributed by atoms with Crippen LogP contribution in [0.3, 0.4) is 0 Å². The summed E-state index contributed by atoms with van der Waals surface area (Å²) in [5.41, 5.74) is 4.46. The summed E-state index contributed by atoms with van der Waals surface area (Å²) in [6.07, 6.45) is -0.00755. The van der Waals surface area contributed by atoms with Gasteiger partial charge in [-0.15, -0.1) is 0 Å². The normalized spacial score (nSPS) is 11.1. The largest absolute Gasteiger partial charge is 0.481 e. The number of carbonyl (C=O) groups is 1. The molecule has 0 amide bonds. The molecule has 2 aromatic carbocycles. The first kappa shape index (κ1) is 12.5. The molecule has 0 fully saturated rings. The maximum absolute atomic E-state index is 11.0. The van der Waals surface area contributed by atoms with Gasteiger partial charge in [-0.05, 0) is 18.6 Å². The molecule has 0 aliphatic heterocycles. The lowest BCUT2D eigenvalue weighted by Crippen LogP contribution is -2.34. The third-order valence-corrected chi connectivity index (χ3v) is 3.45. The van der Waals surface area contributed by atoms with E-state index in [-0.39, 0.29) is 6.42 Å². The van der Waals surface area contributed by atoms with Gasteiger partial charge in [-0.25, -0.2) is 4.98 Å². The number of nitrogens with zero attached hydrogens (tertiary/aromatic N) is 2. The number of hydrogen-bond acceptors (Lipinski definition) is 2. The van der Waals surface area contributed by atoms with E-state index in [1.165, 1.54) is 0 Å². The lowest BCUT2D eigenvalue weighted by molar-refractivity contribution is -0.641. The van der Waals surface area contributed by atoms with Crippen molar-refractivity contribution in [3.63, 3.8) is 0 Å². The highest BCUT2D eigenvalue weighted by atomic mass is 16.4. The van der Waals surface area contributed by atoms with Gasteiger partial charge in [-0.1, -0.05) is 24.3 Å². The number of hydrogen-bond donors (Lipinski definition) is 1. The summed E-state index contributed by atoms with van der Waals surface area (Å²) in [4.78, 5) is 15.7. The van der Waals surface area contributed by atoms with Crippen molar-refractivity contribution in [2.45, 2.75) is 19.9 Å². The molecule has 0 bridgehead atoms. The third-order valence-electron chi connectivity index (χ3n) is 3.45. The number of rotatable bonds is 3. The summed E-state index contributed by atoms with van der Waals surface area (Å²) in [6, 6.07) is 13.6. The summed E-state index contributed by atoms with van der Waals surface area (Å²) in [7, 11) is 0. The first-order valence-corrected chi connectivity index (χ1v) is 6.62. The Morgan fingerprint density at radius 2 is 1.90 bits per heavy atom. The number of aliphatic carboxylic acids is 1. The molecule has 20 heavy (non-hydrogen) atoms. The number of carboxylic acid groups (broad SMARTS) is 1. The van der Waals surface area contributed by atoms with Crippen molar-refractivity contribution in [1.82, 2.24) is 4.98 Å². The van der Waals surface area contributed by atoms with E-state index in [0.717, 1.165) is 34.2 Å². The van der Waals surface area contributed by atoms with Crippen LogP contribution in [0.15, 0.2) is 42.5 Å². The van der Waals surface area contributed by atoms with Crippen molar-refractivity contribution in [2.75, 3.05) is 0 Å². The molecule has 1 aromatic heterocycles. The first-order chi connectivity index (χ1) is 9.70. The Hall–Kier alpha value is -2.49. The van der Waals surface area contributed by atoms with Crippen LogP contribution in [0.2, 0.25) is 0 Å². The number of aryl methyl sites for hydroxylation is 1. The molecule has 100 valence electrons. The lowest BCUT2D eigenvalue weighted by Gasteiger charge is -2.06. The maximum atomic E-state index is 11.0. The Bertz CT molecular complexity index is 812. The van der Waals surface area contributed by atoms with Crippen molar-refractivity contribution in [1.29, 1.82) is 0 Å². The number of fused-ring (bicyclic) bond motifs is 2. The molecule has 0 aliphatic rings. The summed E-state index contributed by atoms with van der Waals surface area (Å²) in [5, 5.41) is 9.03. The Kier molecular flexibility index (Phi) is 3.06. The summed E-state index contributed by atoms with van der Waals surface area (Å²) >= 11 is 0. The van der Waals surface area contributed by atoms with E-state index < -0.39 is 5.97 Å². The number of aromatic nitrogens is 2. The SMILES string of the molecule is CC[n+]1c2ccccc2nc2c(CC(=O)O)cccc21. The second kappa shape index (κ2) is 4.89. The highest BCUT2D eigenvalue weighted by molar-refractivity contribution is 5.86. The van der Waals surface area contributed by atoms with E-state index in [9.17, 15) is 4.79 Å². The average Bonchev–Trinajstić information content (AvgIpc) is 2.45. The summed E-state index contributed by atoms with van der Waals surface area (Å²) in [6.45, 7) is 2.89. The van der Waals surface area contributed by atoms with Gasteiger partial charge < -0.3 is 5.11 Å². The maximum Gasteiger partial charge on any atom is 0.307 e. The molecule has 0 unspecified atom stereocenters. The minimum Gasteiger partial charge on any atom is -0.481 e. The molecule has 4 nitrogen and oxygen atoms in total. The standard InChI is InChI=1S/C16H14N2O2/c1-2-18-13-8-4-3-7-12(13)17-16-11(10-15(19)20)6-5-9-14(16)18/h3-9H,2,10H2,1H3/p+1. The van der Waals surface area contributed by atoms with E-state index in [1.807, 2.05) is 42.5 Å². The smallest absolute Gasteiger partial charge is 0.307 e. The molecular formula is C16H15N2O2+. The van der Waals surface area contributed by atoms with Crippen LogP contribution in [0, 0.1) is 0 Å². The van der Waals surface area contributed by atoms with Gasteiger partial charge in [0.15, 0.2) is 0 Å². The van der Waals surface area contributed by atoms with Gasteiger partial charge in [0.25, 0.3) is 0 Å². The molecule has 4 heteroatoms. The van der Waals surface area contributed by atoms with Gasteiger partial charge in [-0.3, -0.25) is 4.79 Å². The molecule has 0 saturated carbocycles. The predicted octanol–water partition coefficient (Wildman–Crippen LogP) is 2.32. The fourth-order valence-corrected chi connectivity index (χ4v) is 2.61. The summed E-state index contributed by atoms with van der Waals surface area (Å²) in [5.74, 6) is -0.837. The third kappa shape index (κ3) is 1.99. The minimum atomic E-state index is -0.837. The van der Waals surface area contributed by atoms with E-state index in [4.69, 9.17) is 5.11 Å². The highest BCUT2D eigenvalue weighted by Gasteiger charge is 2.17. The van der Waals surface area contributed by atoms with Crippen LogP contribution < -0.4 is 4.57 Å². The number of carboxylic acids is 1. The van der Waals surface area contributed by atoms with E-state index in [0.29, 0.717) is 0 Å². The van der Waals surface area contributed by atoms with Crippen LogP contribution in [0.4, 0.5) is 0 Å². The summed E-state index contributed by atoms with van der Waals surface area (Å²) < 4.78 is 2.17. The molecule has 0 radical (unpaired) electrons. The van der Waals surface area contributed by atoms with Gasteiger partial charge in [0.1, 0.15) is 17.6 Å². The zero-order valence-electron chi connectivity index (χ0n) is 11.2. The molecule has 0 saturated heterocycles. The van der Waals surface area contributed by atoms with Gasteiger partial charge in [0.05, 0.1) is 6.42 Å². The zero-order valence-corrected chi connectivity index (χ0v) is 11.2. The van der Waals surface area contributed by atoms with Crippen molar-refractivity contribution in [2.24, 2.45) is 0 Å². The number of para-hydroxylation sites is 3. The average molecular weight is 267 g/mol. The van der Waals surface area contributed by atoms with Crippen LogP contribution >= 0.6 is 0 Å². The fourth-order valence-electron chi connectivity index (χ4n) is 2.61. The van der Waals surface area contributed by atoms with Crippen LogP contribution in [0.1, 0.15) is 12.5 Å². The number of benzene rings is 2. The molecular weight excluding hydrogens is 252 g/mol. The van der Waals surface area contributed by atoms with Crippen LogP contribution in [0.25, 0.3) is 22.1 Å². The van der Waals surface area contributed by atoms with Gasteiger partial charge in [-0.2, -0.15) is 4.57 Å². The Labute approximate surface area is 116 Å². The second-order valence-corrected chi connectivity index (χ2v) is 4.70. The molecule has 0 aliphatic carbocycles.